The van der Waals surface area contributed by atoms with Crippen LogP contribution >= 0.6 is 11.3 Å². The summed E-state index contributed by atoms with van der Waals surface area (Å²) in [6.45, 7) is 2.12. The SMILES string of the molecule is CCC=Cc1cccc2sc(C(=N)N)cc12. The van der Waals surface area contributed by atoms with E-state index in [2.05, 4.69) is 31.2 Å². The lowest BCUT2D eigenvalue weighted by Gasteiger charge is -1.95. The first-order valence-corrected chi connectivity index (χ1v) is 6.07. The first-order chi connectivity index (χ1) is 7.72. The summed E-state index contributed by atoms with van der Waals surface area (Å²) >= 11 is 1.57. The van der Waals surface area contributed by atoms with Crippen LogP contribution in [0.4, 0.5) is 0 Å². The number of benzene rings is 1. The number of hydrogen-bond donors (Lipinski definition) is 2. The van der Waals surface area contributed by atoms with E-state index in [0.717, 1.165) is 11.3 Å². The van der Waals surface area contributed by atoms with Crippen molar-refractivity contribution in [1.82, 2.24) is 0 Å². The summed E-state index contributed by atoms with van der Waals surface area (Å²) < 4.78 is 1.18. The van der Waals surface area contributed by atoms with Gasteiger partial charge in [-0.2, -0.15) is 0 Å². The van der Waals surface area contributed by atoms with E-state index < -0.39 is 0 Å². The summed E-state index contributed by atoms with van der Waals surface area (Å²) in [5.74, 6) is 0.145. The van der Waals surface area contributed by atoms with E-state index in [-0.39, 0.29) is 5.84 Å². The Labute approximate surface area is 98.9 Å². The Morgan fingerprint density at radius 3 is 3.00 bits per heavy atom. The number of nitrogen functional groups attached to an aromatic ring is 1. The molecular weight excluding hydrogens is 216 g/mol. The highest BCUT2D eigenvalue weighted by Crippen LogP contribution is 2.28. The lowest BCUT2D eigenvalue weighted by Crippen LogP contribution is -2.08. The second-order valence-electron chi connectivity index (χ2n) is 3.59. The summed E-state index contributed by atoms with van der Waals surface area (Å²) in [7, 11) is 0. The molecule has 0 saturated heterocycles. The van der Waals surface area contributed by atoms with Crippen molar-refractivity contribution >= 4 is 33.3 Å². The van der Waals surface area contributed by atoms with Gasteiger partial charge in [0.2, 0.25) is 0 Å². The largest absolute Gasteiger partial charge is 0.383 e. The summed E-state index contributed by atoms with van der Waals surface area (Å²) in [5.41, 5.74) is 6.70. The fourth-order valence-corrected chi connectivity index (χ4v) is 2.56. The van der Waals surface area contributed by atoms with Crippen molar-refractivity contribution < 1.29 is 0 Å². The Morgan fingerprint density at radius 2 is 2.31 bits per heavy atom. The Bertz CT molecular complexity index is 552. The summed E-state index contributed by atoms with van der Waals surface area (Å²) in [5, 5.41) is 8.63. The number of nitrogens with one attached hydrogen (secondary N) is 1. The fourth-order valence-electron chi connectivity index (χ4n) is 1.61. The fraction of sp³-hybridized carbons (Fsp3) is 0.154. The van der Waals surface area contributed by atoms with Gasteiger partial charge in [0.1, 0.15) is 5.84 Å². The van der Waals surface area contributed by atoms with Crippen molar-refractivity contribution in [2.45, 2.75) is 13.3 Å². The molecule has 0 aliphatic heterocycles. The molecule has 1 aromatic carbocycles. The topological polar surface area (TPSA) is 49.9 Å². The normalized spacial score (nSPS) is 11.3. The quantitative estimate of drug-likeness (QED) is 0.614. The molecule has 0 bridgehead atoms. The zero-order valence-electron chi connectivity index (χ0n) is 9.16. The van der Waals surface area contributed by atoms with E-state index in [1.807, 2.05) is 12.1 Å². The van der Waals surface area contributed by atoms with E-state index in [0.29, 0.717) is 0 Å². The van der Waals surface area contributed by atoms with Crippen LogP contribution in [-0.4, -0.2) is 5.84 Å². The average Bonchev–Trinajstić information content (AvgIpc) is 2.70. The monoisotopic (exact) mass is 230 g/mol. The highest BCUT2D eigenvalue weighted by Gasteiger charge is 2.05. The van der Waals surface area contributed by atoms with Crippen LogP contribution in [0.2, 0.25) is 0 Å². The molecule has 0 atom stereocenters. The maximum Gasteiger partial charge on any atom is 0.133 e. The maximum absolute atomic E-state index is 7.45. The molecule has 2 aromatic rings. The minimum Gasteiger partial charge on any atom is -0.383 e. The molecule has 0 unspecified atom stereocenters. The van der Waals surface area contributed by atoms with Gasteiger partial charge in [-0.15, -0.1) is 11.3 Å². The molecule has 3 heteroatoms. The van der Waals surface area contributed by atoms with Crippen LogP contribution in [0.15, 0.2) is 30.3 Å². The van der Waals surface area contributed by atoms with Crippen LogP contribution in [0.1, 0.15) is 23.8 Å². The molecule has 16 heavy (non-hydrogen) atoms. The third-order valence-electron chi connectivity index (χ3n) is 2.39. The maximum atomic E-state index is 7.45. The highest BCUT2D eigenvalue weighted by molar-refractivity contribution is 7.20. The van der Waals surface area contributed by atoms with Crippen molar-refractivity contribution in [1.29, 1.82) is 5.41 Å². The minimum atomic E-state index is 0.145. The van der Waals surface area contributed by atoms with Gasteiger partial charge in [-0.05, 0) is 24.1 Å². The molecule has 1 aromatic heterocycles. The van der Waals surface area contributed by atoms with Crippen LogP contribution in [0, 0.1) is 5.41 Å². The lowest BCUT2D eigenvalue weighted by molar-refractivity contribution is 1.23. The zero-order valence-corrected chi connectivity index (χ0v) is 9.97. The van der Waals surface area contributed by atoms with E-state index >= 15 is 0 Å². The van der Waals surface area contributed by atoms with Crippen molar-refractivity contribution in [3.8, 4) is 0 Å². The third-order valence-corrected chi connectivity index (χ3v) is 3.53. The van der Waals surface area contributed by atoms with Gasteiger partial charge in [-0.1, -0.05) is 31.2 Å². The molecule has 0 amide bonds. The molecule has 2 rings (SSSR count). The number of fused-ring (bicyclic) bond motifs is 1. The van der Waals surface area contributed by atoms with Crippen LogP contribution in [-0.2, 0) is 0 Å². The number of amidine groups is 1. The van der Waals surface area contributed by atoms with Crippen molar-refractivity contribution in [2.24, 2.45) is 5.73 Å². The second kappa shape index (κ2) is 4.49. The van der Waals surface area contributed by atoms with Gasteiger partial charge in [0.25, 0.3) is 0 Å². The van der Waals surface area contributed by atoms with Gasteiger partial charge >= 0.3 is 0 Å². The molecule has 0 spiro atoms. The molecule has 1 heterocycles. The van der Waals surface area contributed by atoms with Gasteiger partial charge in [-0.25, -0.2) is 0 Å². The molecule has 0 radical (unpaired) electrons. The molecule has 2 nitrogen and oxygen atoms in total. The summed E-state index contributed by atoms with van der Waals surface area (Å²) in [6.07, 6.45) is 5.29. The van der Waals surface area contributed by atoms with E-state index in [9.17, 15) is 0 Å². The standard InChI is InChI=1S/C13H14N2S/c1-2-3-5-9-6-4-7-11-10(9)8-12(16-11)13(14)15/h3-8H,2H2,1H3,(H3,14,15). The Kier molecular flexibility index (Phi) is 3.06. The zero-order chi connectivity index (χ0) is 11.5. The Morgan fingerprint density at radius 1 is 1.50 bits per heavy atom. The molecule has 3 N–H and O–H groups in total. The van der Waals surface area contributed by atoms with Crippen molar-refractivity contribution in [3.63, 3.8) is 0 Å². The predicted molar refractivity (Wildman–Crippen MR) is 72.2 cm³/mol. The van der Waals surface area contributed by atoms with Crippen LogP contribution < -0.4 is 5.73 Å². The molecule has 0 saturated carbocycles. The summed E-state index contributed by atoms with van der Waals surface area (Å²) in [4.78, 5) is 0.840. The van der Waals surface area contributed by atoms with Crippen molar-refractivity contribution in [2.75, 3.05) is 0 Å². The van der Waals surface area contributed by atoms with E-state index in [1.54, 1.807) is 11.3 Å². The van der Waals surface area contributed by atoms with Crippen LogP contribution in [0.25, 0.3) is 16.2 Å². The van der Waals surface area contributed by atoms with E-state index in [1.165, 1.54) is 15.6 Å². The molecule has 0 aliphatic carbocycles. The number of allylic oxidation sites excluding steroid dienone is 1. The van der Waals surface area contributed by atoms with Crippen LogP contribution in [0.5, 0.6) is 0 Å². The first kappa shape index (κ1) is 10.9. The number of rotatable bonds is 3. The van der Waals surface area contributed by atoms with E-state index in [4.69, 9.17) is 11.1 Å². The molecule has 82 valence electrons. The minimum absolute atomic E-state index is 0.145. The van der Waals surface area contributed by atoms with Gasteiger partial charge in [0.05, 0.1) is 4.88 Å². The number of nitrogens with two attached hydrogens (primary N) is 1. The Balaban J connectivity index is 2.58. The first-order valence-electron chi connectivity index (χ1n) is 5.26. The van der Waals surface area contributed by atoms with Gasteiger partial charge in [-0.3, -0.25) is 5.41 Å². The van der Waals surface area contributed by atoms with Crippen LogP contribution in [0.3, 0.4) is 0 Å². The smallest absolute Gasteiger partial charge is 0.133 e. The predicted octanol–water partition coefficient (Wildman–Crippen LogP) is 3.61. The number of thiophene rings is 1. The molecule has 0 fully saturated rings. The average molecular weight is 230 g/mol. The van der Waals surface area contributed by atoms with Gasteiger partial charge < -0.3 is 5.73 Å². The highest BCUT2D eigenvalue weighted by atomic mass is 32.1. The van der Waals surface area contributed by atoms with Gasteiger partial charge in [0.15, 0.2) is 0 Å². The Hall–Kier alpha value is -1.61. The lowest BCUT2D eigenvalue weighted by atomic mass is 10.1. The third kappa shape index (κ3) is 1.99. The molecular formula is C13H14N2S. The second-order valence-corrected chi connectivity index (χ2v) is 4.68. The number of hydrogen-bond acceptors (Lipinski definition) is 2. The van der Waals surface area contributed by atoms with Crippen molar-refractivity contribution in [3.05, 3.63) is 40.8 Å². The van der Waals surface area contributed by atoms with Gasteiger partial charge in [0, 0.05) is 10.1 Å². The summed E-state index contributed by atoms with van der Waals surface area (Å²) in [6, 6.07) is 8.19. The molecule has 0 aliphatic rings.